The first-order valence-corrected chi connectivity index (χ1v) is 14.1. The van der Waals surface area contributed by atoms with Crippen LogP contribution in [0.1, 0.15) is 51.2 Å². The zero-order valence-corrected chi connectivity index (χ0v) is 23.8. The molecule has 1 amide bonds. The number of aryl methyl sites for hydroxylation is 2. The van der Waals surface area contributed by atoms with Gasteiger partial charge in [-0.15, -0.1) is 0 Å². The summed E-state index contributed by atoms with van der Waals surface area (Å²) in [4.78, 5) is 31.1. The number of anilines is 2. The number of piperazine rings is 1. The van der Waals surface area contributed by atoms with Gasteiger partial charge in [0.2, 0.25) is 5.91 Å². The highest BCUT2D eigenvalue weighted by molar-refractivity contribution is 6.34. The van der Waals surface area contributed by atoms with Gasteiger partial charge in [-0.25, -0.2) is 0 Å². The third-order valence-electron chi connectivity index (χ3n) is 7.33. The number of hydrogen-bond donors (Lipinski definition) is 0. The van der Waals surface area contributed by atoms with E-state index in [4.69, 9.17) is 21.1 Å². The molecular formula is C30H40ClN3O4. The van der Waals surface area contributed by atoms with E-state index in [0.29, 0.717) is 19.4 Å². The summed E-state index contributed by atoms with van der Waals surface area (Å²) in [5.74, 6) is 0.280. The van der Waals surface area contributed by atoms with Crippen molar-refractivity contribution in [3.8, 4) is 5.75 Å². The Morgan fingerprint density at radius 2 is 1.79 bits per heavy atom. The Morgan fingerprint density at radius 3 is 2.50 bits per heavy atom. The number of unbranched alkanes of at least 4 members (excludes halogenated alkanes) is 1. The average Bonchev–Trinajstić information content (AvgIpc) is 2.89. The summed E-state index contributed by atoms with van der Waals surface area (Å²) in [6.45, 7) is 13.0. The Morgan fingerprint density at radius 1 is 1.03 bits per heavy atom. The predicted octanol–water partition coefficient (Wildman–Crippen LogP) is 5.45. The van der Waals surface area contributed by atoms with Crippen molar-refractivity contribution in [1.82, 2.24) is 4.90 Å². The summed E-state index contributed by atoms with van der Waals surface area (Å²) in [7, 11) is 0. The van der Waals surface area contributed by atoms with Gasteiger partial charge in [0.15, 0.2) is 6.23 Å². The summed E-state index contributed by atoms with van der Waals surface area (Å²) in [6.07, 6.45) is 2.47. The molecule has 2 heterocycles. The van der Waals surface area contributed by atoms with E-state index in [1.54, 1.807) is 4.90 Å². The van der Waals surface area contributed by atoms with Crippen molar-refractivity contribution in [2.24, 2.45) is 5.92 Å². The topological polar surface area (TPSA) is 62.3 Å². The molecule has 0 saturated carbocycles. The Kier molecular flexibility index (Phi) is 9.55. The van der Waals surface area contributed by atoms with Gasteiger partial charge in [-0.2, -0.15) is 0 Å². The zero-order valence-electron chi connectivity index (χ0n) is 23.0. The normalized spacial score (nSPS) is 16.9. The van der Waals surface area contributed by atoms with E-state index in [2.05, 4.69) is 34.9 Å². The van der Waals surface area contributed by atoms with Crippen LogP contribution in [-0.4, -0.2) is 62.3 Å². The summed E-state index contributed by atoms with van der Waals surface area (Å²) >= 11 is 6.53. The molecule has 0 N–H and O–H groups in total. The number of benzene rings is 2. The number of esters is 1. The van der Waals surface area contributed by atoms with Gasteiger partial charge in [-0.3, -0.25) is 19.4 Å². The van der Waals surface area contributed by atoms with Gasteiger partial charge in [-0.1, -0.05) is 43.6 Å². The lowest BCUT2D eigenvalue weighted by atomic mass is 9.98. The van der Waals surface area contributed by atoms with Gasteiger partial charge in [0, 0.05) is 51.5 Å². The fourth-order valence-corrected chi connectivity index (χ4v) is 5.46. The van der Waals surface area contributed by atoms with Gasteiger partial charge in [0.1, 0.15) is 5.75 Å². The number of amides is 1. The van der Waals surface area contributed by atoms with E-state index in [1.165, 1.54) is 6.92 Å². The molecule has 38 heavy (non-hydrogen) atoms. The van der Waals surface area contributed by atoms with Crippen LogP contribution in [0.5, 0.6) is 5.75 Å². The van der Waals surface area contributed by atoms with E-state index in [1.807, 2.05) is 32.0 Å². The maximum atomic E-state index is 12.9. The lowest BCUT2D eigenvalue weighted by molar-refractivity contribution is -0.149. The van der Waals surface area contributed by atoms with Crippen LogP contribution in [-0.2, 0) is 20.7 Å². The van der Waals surface area contributed by atoms with Gasteiger partial charge in [0.05, 0.1) is 23.0 Å². The highest BCUT2D eigenvalue weighted by atomic mass is 35.5. The monoisotopic (exact) mass is 541 g/mol. The van der Waals surface area contributed by atoms with E-state index >= 15 is 0 Å². The van der Waals surface area contributed by atoms with Gasteiger partial charge < -0.3 is 14.4 Å². The van der Waals surface area contributed by atoms with Crippen LogP contribution in [0.25, 0.3) is 0 Å². The lowest BCUT2D eigenvalue weighted by Gasteiger charge is -2.37. The second kappa shape index (κ2) is 12.9. The number of carbonyl (C=O) groups excluding carboxylic acids is 2. The van der Waals surface area contributed by atoms with Crippen molar-refractivity contribution in [2.75, 3.05) is 49.1 Å². The molecule has 4 rings (SSSR count). The standard InChI is InChI=1S/C30H40ClN3O4/c1-21(2)30(38-23(4)35)34-27-20-25(12-10-24(27)11-13-28(34)36)37-19-6-5-14-32-15-17-33(18-16-32)26-9-7-8-22(3)29(26)31/h7-10,12,20-21,30H,5-6,11,13-19H2,1-4H3. The smallest absolute Gasteiger partial charge is 0.304 e. The lowest BCUT2D eigenvalue weighted by Crippen LogP contribution is -2.48. The van der Waals surface area contributed by atoms with Gasteiger partial charge >= 0.3 is 5.97 Å². The highest BCUT2D eigenvalue weighted by Crippen LogP contribution is 2.35. The summed E-state index contributed by atoms with van der Waals surface area (Å²) < 4.78 is 11.6. The molecule has 2 aliphatic rings. The molecule has 1 fully saturated rings. The van der Waals surface area contributed by atoms with Crippen molar-refractivity contribution in [1.29, 1.82) is 0 Å². The van der Waals surface area contributed by atoms with Crippen LogP contribution in [0.3, 0.4) is 0 Å². The van der Waals surface area contributed by atoms with Crippen LogP contribution in [0, 0.1) is 12.8 Å². The highest BCUT2D eigenvalue weighted by Gasteiger charge is 2.34. The molecular weight excluding hydrogens is 502 g/mol. The molecule has 7 nitrogen and oxygen atoms in total. The number of rotatable bonds is 10. The minimum Gasteiger partial charge on any atom is -0.494 e. The summed E-state index contributed by atoms with van der Waals surface area (Å²) in [5, 5.41) is 0.860. The number of ether oxygens (including phenoxy) is 2. The van der Waals surface area contributed by atoms with Crippen LogP contribution in [0.2, 0.25) is 5.02 Å². The van der Waals surface area contributed by atoms with E-state index in [-0.39, 0.29) is 11.8 Å². The van der Waals surface area contributed by atoms with Crippen molar-refractivity contribution in [3.05, 3.63) is 52.5 Å². The molecule has 0 aliphatic carbocycles. The fraction of sp³-hybridized carbons (Fsp3) is 0.533. The molecule has 2 aliphatic heterocycles. The second-order valence-electron chi connectivity index (χ2n) is 10.6. The molecule has 1 saturated heterocycles. The molecule has 0 aromatic heterocycles. The number of nitrogens with zero attached hydrogens (tertiary/aromatic N) is 3. The number of fused-ring (bicyclic) bond motifs is 1. The molecule has 1 unspecified atom stereocenters. The van der Waals surface area contributed by atoms with Crippen LogP contribution in [0.4, 0.5) is 11.4 Å². The van der Waals surface area contributed by atoms with Crippen molar-refractivity contribution < 1.29 is 19.1 Å². The Bertz CT molecular complexity index is 1130. The van der Waals surface area contributed by atoms with E-state index in [9.17, 15) is 9.59 Å². The first kappa shape index (κ1) is 28.2. The van der Waals surface area contributed by atoms with Crippen LogP contribution < -0.4 is 14.5 Å². The quantitative estimate of drug-likeness (QED) is 0.294. The van der Waals surface area contributed by atoms with Gasteiger partial charge in [-0.05, 0) is 56.0 Å². The molecule has 1 atom stereocenters. The van der Waals surface area contributed by atoms with Crippen LogP contribution in [0.15, 0.2) is 36.4 Å². The number of carbonyl (C=O) groups is 2. The molecule has 8 heteroatoms. The second-order valence-corrected chi connectivity index (χ2v) is 11.0. The zero-order chi connectivity index (χ0) is 27.2. The molecule has 206 valence electrons. The Hall–Kier alpha value is -2.77. The maximum absolute atomic E-state index is 12.9. The first-order valence-electron chi connectivity index (χ1n) is 13.7. The fourth-order valence-electron chi connectivity index (χ4n) is 5.22. The Labute approximate surface area is 231 Å². The predicted molar refractivity (Wildman–Crippen MR) is 152 cm³/mol. The maximum Gasteiger partial charge on any atom is 0.304 e. The first-order chi connectivity index (χ1) is 18.2. The largest absolute Gasteiger partial charge is 0.494 e. The molecule has 0 spiro atoms. The van der Waals surface area contributed by atoms with Gasteiger partial charge in [0.25, 0.3) is 0 Å². The minimum atomic E-state index is -0.628. The van der Waals surface area contributed by atoms with Crippen molar-refractivity contribution in [2.45, 2.75) is 59.6 Å². The SMILES string of the molecule is CC(=O)OC(C(C)C)N1C(=O)CCc2ccc(OCCCCN3CCN(c4cccc(C)c4Cl)CC3)cc21. The van der Waals surface area contributed by atoms with E-state index < -0.39 is 12.2 Å². The third kappa shape index (κ3) is 6.80. The molecule has 0 bridgehead atoms. The van der Waals surface area contributed by atoms with Crippen molar-refractivity contribution in [3.63, 3.8) is 0 Å². The van der Waals surface area contributed by atoms with Crippen LogP contribution >= 0.6 is 11.6 Å². The Balaban J connectivity index is 1.26. The summed E-state index contributed by atoms with van der Waals surface area (Å²) in [5.41, 5.74) is 4.11. The summed E-state index contributed by atoms with van der Waals surface area (Å²) in [6, 6.07) is 12.1. The minimum absolute atomic E-state index is 0.0284. The third-order valence-corrected chi connectivity index (χ3v) is 7.82. The average molecular weight is 542 g/mol. The molecule has 2 aromatic rings. The van der Waals surface area contributed by atoms with E-state index in [0.717, 1.165) is 78.8 Å². The van der Waals surface area contributed by atoms with Crippen molar-refractivity contribution >= 4 is 34.9 Å². The molecule has 0 radical (unpaired) electrons. The number of halogens is 1. The molecule has 2 aromatic carbocycles. The number of hydrogen-bond acceptors (Lipinski definition) is 6.